The zero-order valence-corrected chi connectivity index (χ0v) is 13.8. The van der Waals surface area contributed by atoms with Gasteiger partial charge >= 0.3 is 0 Å². The van der Waals surface area contributed by atoms with E-state index >= 15 is 0 Å². The summed E-state index contributed by atoms with van der Waals surface area (Å²) in [6, 6.07) is 8.13. The highest BCUT2D eigenvalue weighted by molar-refractivity contribution is 5.85. The Morgan fingerprint density at radius 2 is 1.95 bits per heavy atom. The molecule has 1 fully saturated rings. The summed E-state index contributed by atoms with van der Waals surface area (Å²) in [5.74, 6) is 2.29. The molecule has 0 aromatic heterocycles. The molecule has 2 unspecified atom stereocenters. The molecule has 2 N–H and O–H groups in total. The van der Waals surface area contributed by atoms with E-state index < -0.39 is 0 Å². The Bertz CT molecular complexity index is 415. The van der Waals surface area contributed by atoms with Gasteiger partial charge in [0.2, 0.25) is 0 Å². The van der Waals surface area contributed by atoms with Gasteiger partial charge in [0.15, 0.2) is 11.5 Å². The average molecular weight is 315 g/mol. The molecule has 1 aliphatic rings. The largest absolute Gasteiger partial charge is 0.490 e. The SMILES string of the molecule is CCOc1ccccc1OCCN1CCC(C(C)N)C1.Cl. The van der Waals surface area contributed by atoms with Crippen LogP contribution < -0.4 is 15.2 Å². The van der Waals surface area contributed by atoms with Crippen LogP contribution in [0.5, 0.6) is 11.5 Å². The van der Waals surface area contributed by atoms with E-state index in [9.17, 15) is 0 Å². The van der Waals surface area contributed by atoms with Gasteiger partial charge in [-0.2, -0.15) is 0 Å². The van der Waals surface area contributed by atoms with Crippen LogP contribution in [0.15, 0.2) is 24.3 Å². The number of rotatable bonds is 7. The quantitative estimate of drug-likeness (QED) is 0.840. The van der Waals surface area contributed by atoms with Crippen molar-refractivity contribution in [3.8, 4) is 11.5 Å². The Hall–Kier alpha value is -0.970. The van der Waals surface area contributed by atoms with Crippen LogP contribution in [-0.2, 0) is 0 Å². The van der Waals surface area contributed by atoms with Gasteiger partial charge in [-0.15, -0.1) is 12.4 Å². The fraction of sp³-hybridized carbons (Fsp3) is 0.625. The third kappa shape index (κ3) is 5.38. The Morgan fingerprint density at radius 1 is 1.29 bits per heavy atom. The van der Waals surface area contributed by atoms with E-state index in [0.29, 0.717) is 25.2 Å². The minimum atomic E-state index is 0. The zero-order valence-electron chi connectivity index (χ0n) is 13.0. The first kappa shape index (κ1) is 18.1. The Labute approximate surface area is 134 Å². The smallest absolute Gasteiger partial charge is 0.161 e. The van der Waals surface area contributed by atoms with Gasteiger partial charge in [-0.25, -0.2) is 0 Å². The predicted octanol–water partition coefficient (Wildman–Crippen LogP) is 2.56. The summed E-state index contributed by atoms with van der Waals surface area (Å²) in [6.07, 6.45) is 1.20. The standard InChI is InChI=1S/C16H26N2O2.ClH/c1-3-19-15-6-4-5-7-16(15)20-11-10-18-9-8-14(12-18)13(2)17;/h4-7,13-14H,3,8-12,17H2,1-2H3;1H. The van der Waals surface area contributed by atoms with Crippen LogP contribution in [0.2, 0.25) is 0 Å². The molecule has 2 atom stereocenters. The summed E-state index contributed by atoms with van der Waals surface area (Å²) in [7, 11) is 0. The van der Waals surface area contributed by atoms with Crippen molar-refractivity contribution in [3.63, 3.8) is 0 Å². The lowest BCUT2D eigenvalue weighted by atomic mass is 10.0. The van der Waals surface area contributed by atoms with E-state index in [1.54, 1.807) is 0 Å². The molecule has 1 heterocycles. The monoisotopic (exact) mass is 314 g/mol. The van der Waals surface area contributed by atoms with Crippen molar-refractivity contribution in [3.05, 3.63) is 24.3 Å². The lowest BCUT2D eigenvalue weighted by Crippen LogP contribution is -2.31. The number of para-hydroxylation sites is 2. The van der Waals surface area contributed by atoms with Gasteiger partial charge in [-0.1, -0.05) is 12.1 Å². The maximum absolute atomic E-state index is 5.96. The molecule has 0 radical (unpaired) electrons. The van der Waals surface area contributed by atoms with Crippen LogP contribution in [0.4, 0.5) is 0 Å². The molecule has 1 saturated heterocycles. The molecule has 21 heavy (non-hydrogen) atoms. The molecule has 0 bridgehead atoms. The number of benzene rings is 1. The number of nitrogens with zero attached hydrogens (tertiary/aromatic N) is 1. The Balaban J connectivity index is 0.00000220. The van der Waals surface area contributed by atoms with Crippen LogP contribution in [0.3, 0.4) is 0 Å². The highest BCUT2D eigenvalue weighted by Gasteiger charge is 2.24. The summed E-state index contributed by atoms with van der Waals surface area (Å²) in [4.78, 5) is 2.43. The molecule has 1 aromatic rings. The predicted molar refractivity (Wildman–Crippen MR) is 88.6 cm³/mol. The summed E-state index contributed by atoms with van der Waals surface area (Å²) in [6.45, 7) is 8.59. The van der Waals surface area contributed by atoms with Crippen LogP contribution in [0.25, 0.3) is 0 Å². The Kier molecular flexibility index (Phi) is 7.86. The number of likely N-dealkylation sites (tertiary alicyclic amines) is 1. The molecular formula is C16H27ClN2O2. The van der Waals surface area contributed by atoms with Gasteiger partial charge in [0, 0.05) is 19.1 Å². The summed E-state index contributed by atoms with van der Waals surface area (Å²) in [5, 5.41) is 0. The van der Waals surface area contributed by atoms with E-state index in [1.165, 1.54) is 6.42 Å². The molecule has 5 heteroatoms. The molecule has 2 rings (SSSR count). The average Bonchev–Trinajstić information content (AvgIpc) is 2.90. The van der Waals surface area contributed by atoms with Crippen molar-refractivity contribution in [1.29, 1.82) is 0 Å². The minimum Gasteiger partial charge on any atom is -0.490 e. The highest BCUT2D eigenvalue weighted by Crippen LogP contribution is 2.26. The normalized spacial score (nSPS) is 19.9. The molecule has 0 aliphatic carbocycles. The van der Waals surface area contributed by atoms with Gasteiger partial charge in [-0.05, 0) is 44.9 Å². The third-order valence-electron chi connectivity index (χ3n) is 3.87. The van der Waals surface area contributed by atoms with Crippen molar-refractivity contribution in [1.82, 2.24) is 4.90 Å². The second-order valence-corrected chi connectivity index (χ2v) is 5.44. The minimum absolute atomic E-state index is 0. The van der Waals surface area contributed by atoms with Crippen molar-refractivity contribution in [2.24, 2.45) is 11.7 Å². The third-order valence-corrected chi connectivity index (χ3v) is 3.87. The maximum Gasteiger partial charge on any atom is 0.161 e. The van der Waals surface area contributed by atoms with Gasteiger partial charge < -0.3 is 15.2 Å². The van der Waals surface area contributed by atoms with Gasteiger partial charge in [0.05, 0.1) is 6.61 Å². The molecule has 1 aliphatic heterocycles. The fourth-order valence-electron chi connectivity index (χ4n) is 2.62. The molecule has 0 amide bonds. The van der Waals surface area contributed by atoms with E-state index in [-0.39, 0.29) is 12.4 Å². The lowest BCUT2D eigenvalue weighted by molar-refractivity contribution is 0.221. The summed E-state index contributed by atoms with van der Waals surface area (Å²) >= 11 is 0. The van der Waals surface area contributed by atoms with Crippen LogP contribution in [-0.4, -0.2) is 43.8 Å². The topological polar surface area (TPSA) is 47.7 Å². The highest BCUT2D eigenvalue weighted by atomic mass is 35.5. The first-order valence-corrected chi connectivity index (χ1v) is 7.53. The molecular weight excluding hydrogens is 288 g/mol. The first-order valence-electron chi connectivity index (χ1n) is 7.53. The number of nitrogens with two attached hydrogens (primary N) is 1. The second-order valence-electron chi connectivity index (χ2n) is 5.44. The van der Waals surface area contributed by atoms with Gasteiger partial charge in [-0.3, -0.25) is 4.90 Å². The number of hydrogen-bond acceptors (Lipinski definition) is 4. The second kappa shape index (κ2) is 9.13. The number of hydrogen-bond donors (Lipinski definition) is 1. The van der Waals surface area contributed by atoms with E-state index in [0.717, 1.165) is 31.1 Å². The van der Waals surface area contributed by atoms with Crippen molar-refractivity contribution >= 4 is 12.4 Å². The van der Waals surface area contributed by atoms with Gasteiger partial charge in [0.1, 0.15) is 6.61 Å². The van der Waals surface area contributed by atoms with Crippen LogP contribution in [0.1, 0.15) is 20.3 Å². The molecule has 4 nitrogen and oxygen atoms in total. The van der Waals surface area contributed by atoms with E-state index in [1.807, 2.05) is 31.2 Å². The van der Waals surface area contributed by atoms with Crippen LogP contribution >= 0.6 is 12.4 Å². The molecule has 0 spiro atoms. The molecule has 1 aromatic carbocycles. The van der Waals surface area contributed by atoms with Crippen LogP contribution in [0, 0.1) is 5.92 Å². The van der Waals surface area contributed by atoms with E-state index in [2.05, 4.69) is 11.8 Å². The van der Waals surface area contributed by atoms with E-state index in [4.69, 9.17) is 15.2 Å². The molecule has 120 valence electrons. The summed E-state index contributed by atoms with van der Waals surface area (Å²) < 4.78 is 11.4. The van der Waals surface area contributed by atoms with Crippen molar-refractivity contribution in [2.75, 3.05) is 32.8 Å². The van der Waals surface area contributed by atoms with Crippen molar-refractivity contribution in [2.45, 2.75) is 26.3 Å². The number of ether oxygens (including phenoxy) is 2. The number of halogens is 1. The Morgan fingerprint density at radius 3 is 2.52 bits per heavy atom. The lowest BCUT2D eigenvalue weighted by Gasteiger charge is -2.18. The van der Waals surface area contributed by atoms with Gasteiger partial charge in [0.25, 0.3) is 0 Å². The fourth-order valence-corrected chi connectivity index (χ4v) is 2.62. The first-order chi connectivity index (χ1) is 9.70. The summed E-state index contributed by atoms with van der Waals surface area (Å²) in [5.41, 5.74) is 5.96. The van der Waals surface area contributed by atoms with Crippen molar-refractivity contribution < 1.29 is 9.47 Å². The maximum atomic E-state index is 5.96. The zero-order chi connectivity index (χ0) is 14.4. The molecule has 0 saturated carbocycles.